The van der Waals surface area contributed by atoms with E-state index >= 15 is 0 Å². The smallest absolute Gasteiger partial charge is 0.330 e. The summed E-state index contributed by atoms with van der Waals surface area (Å²) < 4.78 is 5.20. The van der Waals surface area contributed by atoms with Crippen molar-refractivity contribution < 1.29 is 9.53 Å². The molecule has 0 aromatic rings. The van der Waals surface area contributed by atoms with Gasteiger partial charge in [0.15, 0.2) is 0 Å². The Kier molecular flexibility index (Phi) is 17.6. The van der Waals surface area contributed by atoms with Gasteiger partial charge >= 0.3 is 5.97 Å². The molecule has 0 radical (unpaired) electrons. The molecule has 22 heavy (non-hydrogen) atoms. The second-order valence-corrected chi connectivity index (χ2v) is 6.25. The highest BCUT2D eigenvalue weighted by Gasteiger charge is 1.97. The zero-order chi connectivity index (χ0) is 16.3. The highest BCUT2D eigenvalue weighted by molar-refractivity contribution is 5.81. The summed E-state index contributed by atoms with van der Waals surface area (Å²) in [5.41, 5.74) is 0. The Bertz CT molecular complexity index is 258. The molecule has 0 unspecified atom stereocenters. The fourth-order valence-corrected chi connectivity index (χ4v) is 2.50. The lowest BCUT2D eigenvalue weighted by molar-refractivity contribution is -0.137. The molecule has 0 aromatic carbocycles. The van der Waals surface area contributed by atoms with Gasteiger partial charge in [0.05, 0.1) is 6.61 Å². The quantitative estimate of drug-likeness (QED) is 0.183. The van der Waals surface area contributed by atoms with Crippen LogP contribution >= 0.6 is 0 Å². The van der Waals surface area contributed by atoms with E-state index in [4.69, 9.17) is 4.74 Å². The van der Waals surface area contributed by atoms with Crippen molar-refractivity contribution in [2.45, 2.75) is 104 Å². The summed E-state index contributed by atoms with van der Waals surface area (Å²) >= 11 is 0. The molecule has 0 spiro atoms. The summed E-state index contributed by atoms with van der Waals surface area (Å²) in [6.07, 6.45) is 21.1. The summed E-state index contributed by atoms with van der Waals surface area (Å²) in [7, 11) is 0. The third kappa shape index (κ3) is 17.3. The molecule has 0 aliphatic rings. The molecule has 0 atom stereocenters. The van der Waals surface area contributed by atoms with Gasteiger partial charge in [0.1, 0.15) is 0 Å². The summed E-state index contributed by atoms with van der Waals surface area (Å²) in [4.78, 5) is 11.5. The van der Waals surface area contributed by atoms with E-state index in [1.807, 2.05) is 6.08 Å². The van der Waals surface area contributed by atoms with E-state index in [1.54, 1.807) is 6.08 Å². The Morgan fingerprint density at radius 2 is 1.23 bits per heavy atom. The molecule has 0 N–H and O–H groups in total. The number of hydrogen-bond acceptors (Lipinski definition) is 2. The van der Waals surface area contributed by atoms with Gasteiger partial charge in [-0.3, -0.25) is 0 Å². The number of unbranched alkanes of at least 4 members (excludes halogenated alkanes) is 12. The van der Waals surface area contributed by atoms with Crippen LogP contribution in [0.5, 0.6) is 0 Å². The molecule has 2 heteroatoms. The second kappa shape index (κ2) is 18.3. The molecule has 0 saturated carbocycles. The molecule has 0 aliphatic heterocycles. The third-order valence-electron chi connectivity index (χ3n) is 3.97. The summed E-state index contributed by atoms with van der Waals surface area (Å²) in [5, 5.41) is 0. The van der Waals surface area contributed by atoms with E-state index in [2.05, 4.69) is 13.8 Å². The molecule has 2 nitrogen and oxygen atoms in total. The SMILES string of the molecule is CCCCCCCCC=CC(=O)OCCCCCCCCC. The number of ether oxygens (including phenoxy) is 1. The lowest BCUT2D eigenvalue weighted by atomic mass is 10.1. The predicted octanol–water partition coefficient (Wildman–Crippen LogP) is 6.59. The van der Waals surface area contributed by atoms with Crippen molar-refractivity contribution in [1.82, 2.24) is 0 Å². The molecule has 0 rings (SSSR count). The van der Waals surface area contributed by atoms with Gasteiger partial charge < -0.3 is 4.74 Å². The summed E-state index contributed by atoms with van der Waals surface area (Å²) in [6.45, 7) is 5.05. The van der Waals surface area contributed by atoms with Crippen LogP contribution in [0.25, 0.3) is 0 Å². The van der Waals surface area contributed by atoms with E-state index in [-0.39, 0.29) is 5.97 Å². The molecule has 0 amide bonds. The number of hydrogen-bond donors (Lipinski definition) is 0. The minimum Gasteiger partial charge on any atom is -0.463 e. The van der Waals surface area contributed by atoms with Crippen molar-refractivity contribution in [1.29, 1.82) is 0 Å². The fourth-order valence-electron chi connectivity index (χ4n) is 2.50. The van der Waals surface area contributed by atoms with Crippen LogP contribution in [-0.4, -0.2) is 12.6 Å². The normalized spacial score (nSPS) is 11.2. The first-order chi connectivity index (χ1) is 10.8. The average Bonchev–Trinajstić information content (AvgIpc) is 2.52. The standard InChI is InChI=1S/C20H38O2/c1-3-5-7-9-11-12-14-16-18-20(21)22-19-17-15-13-10-8-6-4-2/h16,18H,3-15,17,19H2,1-2H3. The van der Waals surface area contributed by atoms with E-state index < -0.39 is 0 Å². The number of rotatable bonds is 16. The predicted molar refractivity (Wildman–Crippen MR) is 96.1 cm³/mol. The van der Waals surface area contributed by atoms with Crippen LogP contribution < -0.4 is 0 Å². The number of esters is 1. The van der Waals surface area contributed by atoms with Gasteiger partial charge in [-0.15, -0.1) is 0 Å². The molecular formula is C20H38O2. The molecular weight excluding hydrogens is 272 g/mol. The highest BCUT2D eigenvalue weighted by Crippen LogP contribution is 2.08. The number of carbonyl (C=O) groups is 1. The Morgan fingerprint density at radius 1 is 0.727 bits per heavy atom. The maximum Gasteiger partial charge on any atom is 0.330 e. The largest absolute Gasteiger partial charge is 0.463 e. The average molecular weight is 311 g/mol. The number of allylic oxidation sites excluding steroid dienone is 1. The third-order valence-corrected chi connectivity index (χ3v) is 3.97. The fraction of sp³-hybridized carbons (Fsp3) is 0.850. The van der Waals surface area contributed by atoms with Crippen LogP contribution in [0.2, 0.25) is 0 Å². The lowest BCUT2D eigenvalue weighted by Gasteiger charge is -2.02. The van der Waals surface area contributed by atoms with Crippen molar-refractivity contribution in [2.24, 2.45) is 0 Å². The first kappa shape index (κ1) is 21.2. The maximum atomic E-state index is 11.5. The van der Waals surface area contributed by atoms with Crippen molar-refractivity contribution in [3.8, 4) is 0 Å². The van der Waals surface area contributed by atoms with Crippen molar-refractivity contribution >= 4 is 5.97 Å². The Balaban J connectivity index is 3.26. The minimum atomic E-state index is -0.169. The molecule has 130 valence electrons. The summed E-state index contributed by atoms with van der Waals surface area (Å²) in [5.74, 6) is -0.169. The zero-order valence-corrected chi connectivity index (χ0v) is 15.1. The van der Waals surface area contributed by atoms with Gasteiger partial charge in [-0.05, 0) is 19.3 Å². The molecule has 0 aromatic heterocycles. The minimum absolute atomic E-state index is 0.169. The van der Waals surface area contributed by atoms with Crippen LogP contribution in [0.4, 0.5) is 0 Å². The molecule has 0 aliphatic carbocycles. The Labute approximate surface area is 138 Å². The van der Waals surface area contributed by atoms with Crippen molar-refractivity contribution in [3.05, 3.63) is 12.2 Å². The van der Waals surface area contributed by atoms with Crippen molar-refractivity contribution in [2.75, 3.05) is 6.61 Å². The lowest BCUT2D eigenvalue weighted by Crippen LogP contribution is -2.02. The van der Waals surface area contributed by atoms with E-state index in [1.165, 1.54) is 77.0 Å². The van der Waals surface area contributed by atoms with Gasteiger partial charge in [-0.2, -0.15) is 0 Å². The van der Waals surface area contributed by atoms with Gasteiger partial charge in [0.2, 0.25) is 0 Å². The van der Waals surface area contributed by atoms with Crippen LogP contribution in [0.1, 0.15) is 104 Å². The van der Waals surface area contributed by atoms with E-state index in [9.17, 15) is 4.79 Å². The Morgan fingerprint density at radius 3 is 1.82 bits per heavy atom. The highest BCUT2D eigenvalue weighted by atomic mass is 16.5. The van der Waals surface area contributed by atoms with Crippen LogP contribution in [0.15, 0.2) is 12.2 Å². The van der Waals surface area contributed by atoms with Crippen LogP contribution in [0.3, 0.4) is 0 Å². The van der Waals surface area contributed by atoms with Crippen LogP contribution in [-0.2, 0) is 9.53 Å². The monoisotopic (exact) mass is 310 g/mol. The van der Waals surface area contributed by atoms with Gasteiger partial charge in [0.25, 0.3) is 0 Å². The van der Waals surface area contributed by atoms with Crippen LogP contribution in [0, 0.1) is 0 Å². The van der Waals surface area contributed by atoms with E-state index in [0.29, 0.717) is 6.61 Å². The molecule has 0 bridgehead atoms. The molecule has 0 saturated heterocycles. The van der Waals surface area contributed by atoms with Crippen molar-refractivity contribution in [3.63, 3.8) is 0 Å². The maximum absolute atomic E-state index is 11.5. The second-order valence-electron chi connectivity index (χ2n) is 6.25. The first-order valence-corrected chi connectivity index (χ1v) is 9.64. The number of carbonyl (C=O) groups excluding carboxylic acids is 1. The van der Waals surface area contributed by atoms with Gasteiger partial charge in [-0.25, -0.2) is 4.79 Å². The molecule has 0 heterocycles. The van der Waals surface area contributed by atoms with Gasteiger partial charge in [0, 0.05) is 6.08 Å². The topological polar surface area (TPSA) is 26.3 Å². The van der Waals surface area contributed by atoms with E-state index in [0.717, 1.165) is 12.8 Å². The zero-order valence-electron chi connectivity index (χ0n) is 15.1. The molecule has 0 fully saturated rings. The Hall–Kier alpha value is -0.790. The summed E-state index contributed by atoms with van der Waals surface area (Å²) in [6, 6.07) is 0. The van der Waals surface area contributed by atoms with Gasteiger partial charge in [-0.1, -0.05) is 90.6 Å². The first-order valence-electron chi connectivity index (χ1n) is 9.64.